The number of piperazine rings is 1. The molecule has 2 aromatic heterocycles. The lowest BCUT2D eigenvalue weighted by Crippen LogP contribution is -2.48. The number of aromatic amines is 1. The van der Waals surface area contributed by atoms with Crippen LogP contribution < -0.4 is 10.5 Å². The van der Waals surface area contributed by atoms with Gasteiger partial charge in [-0.15, -0.1) is 0 Å². The highest BCUT2D eigenvalue weighted by atomic mass is 19.4. The highest BCUT2D eigenvalue weighted by molar-refractivity contribution is 5.76. The lowest BCUT2D eigenvalue weighted by molar-refractivity contribution is -0.139. The lowest BCUT2D eigenvalue weighted by Gasteiger charge is -2.35. The predicted octanol–water partition coefficient (Wildman–Crippen LogP) is 3.63. The Bertz CT molecular complexity index is 1120. The number of pyridine rings is 1. The van der Waals surface area contributed by atoms with Gasteiger partial charge >= 0.3 is 6.18 Å². The van der Waals surface area contributed by atoms with Crippen molar-refractivity contribution in [3.63, 3.8) is 0 Å². The molecule has 1 aliphatic heterocycles. The van der Waals surface area contributed by atoms with E-state index < -0.39 is 17.3 Å². The summed E-state index contributed by atoms with van der Waals surface area (Å²) in [6.45, 7) is 6.95. The Labute approximate surface area is 201 Å². The van der Waals surface area contributed by atoms with Crippen LogP contribution in [0.2, 0.25) is 0 Å². The summed E-state index contributed by atoms with van der Waals surface area (Å²) < 4.78 is 38.3. The third-order valence-electron chi connectivity index (χ3n) is 6.30. The third kappa shape index (κ3) is 6.18. The monoisotopic (exact) mass is 490 g/mol. The van der Waals surface area contributed by atoms with E-state index in [9.17, 15) is 22.8 Å². The minimum absolute atomic E-state index is 0.0490. The van der Waals surface area contributed by atoms with E-state index >= 15 is 0 Å². The van der Waals surface area contributed by atoms with E-state index in [0.29, 0.717) is 30.5 Å². The fraction of sp³-hybridized carbons (Fsp3) is 0.542. The minimum atomic E-state index is -4.60. The maximum atomic E-state index is 12.8. The molecule has 2 aliphatic rings. The van der Waals surface area contributed by atoms with Crippen LogP contribution in [0.4, 0.5) is 19.0 Å². The average molecular weight is 491 g/mol. The molecule has 188 valence electrons. The molecular formula is C24H29F3N6O2. The molecule has 1 aliphatic carbocycles. The Morgan fingerprint density at radius 3 is 2.49 bits per heavy atom. The zero-order valence-electron chi connectivity index (χ0n) is 19.9. The summed E-state index contributed by atoms with van der Waals surface area (Å²) in [6.07, 6.45) is 0.202. The van der Waals surface area contributed by atoms with Crippen molar-refractivity contribution in [2.24, 2.45) is 0 Å². The van der Waals surface area contributed by atoms with Crippen LogP contribution in [0.3, 0.4) is 0 Å². The lowest BCUT2D eigenvalue weighted by atomic mass is 10.0. The third-order valence-corrected chi connectivity index (χ3v) is 6.30. The molecule has 1 fully saturated rings. The van der Waals surface area contributed by atoms with Crippen LogP contribution in [0.15, 0.2) is 23.1 Å². The molecule has 1 atom stereocenters. The first-order chi connectivity index (χ1) is 16.7. The molecule has 1 N–H and O–H groups in total. The van der Waals surface area contributed by atoms with Crippen LogP contribution in [0.1, 0.15) is 67.8 Å². The van der Waals surface area contributed by atoms with E-state index in [-0.39, 0.29) is 17.4 Å². The van der Waals surface area contributed by atoms with Crippen molar-refractivity contribution in [2.75, 3.05) is 31.1 Å². The number of hydrogen-bond donors (Lipinski definition) is 1. The van der Waals surface area contributed by atoms with Gasteiger partial charge in [0.2, 0.25) is 5.91 Å². The van der Waals surface area contributed by atoms with Crippen LogP contribution in [-0.4, -0.2) is 52.2 Å². The second-order valence-electron chi connectivity index (χ2n) is 8.55. The molecule has 0 spiro atoms. The predicted molar refractivity (Wildman–Crippen MR) is 124 cm³/mol. The average Bonchev–Trinajstić information content (AvgIpc) is 3.25. The van der Waals surface area contributed by atoms with Gasteiger partial charge in [0.05, 0.1) is 11.3 Å². The molecule has 0 aromatic carbocycles. The summed E-state index contributed by atoms with van der Waals surface area (Å²) in [5, 5.41) is 14.5. The number of aromatic nitrogens is 3. The van der Waals surface area contributed by atoms with Crippen molar-refractivity contribution >= 4 is 11.7 Å². The Morgan fingerprint density at radius 1 is 1.23 bits per heavy atom. The van der Waals surface area contributed by atoms with E-state index in [1.165, 1.54) is 0 Å². The number of anilines is 1. The topological polar surface area (TPSA) is 106 Å². The number of amides is 1. The number of halogens is 3. The summed E-state index contributed by atoms with van der Waals surface area (Å²) in [4.78, 5) is 31.1. The van der Waals surface area contributed by atoms with Crippen LogP contribution in [0.25, 0.3) is 0 Å². The van der Waals surface area contributed by atoms with E-state index in [4.69, 9.17) is 5.26 Å². The van der Waals surface area contributed by atoms with E-state index in [2.05, 4.69) is 21.1 Å². The molecule has 4 rings (SSSR count). The Kier molecular flexibility index (Phi) is 8.48. The van der Waals surface area contributed by atoms with Crippen LogP contribution in [0.5, 0.6) is 0 Å². The quantitative estimate of drug-likeness (QED) is 0.702. The van der Waals surface area contributed by atoms with Gasteiger partial charge < -0.3 is 9.80 Å². The number of fused-ring (bicyclic) bond motifs is 1. The fourth-order valence-corrected chi connectivity index (χ4v) is 4.52. The van der Waals surface area contributed by atoms with E-state index in [1.54, 1.807) is 12.3 Å². The number of hydrogen-bond acceptors (Lipinski definition) is 6. The first-order valence-corrected chi connectivity index (χ1v) is 11.8. The van der Waals surface area contributed by atoms with Crippen LogP contribution >= 0.6 is 0 Å². The zero-order chi connectivity index (χ0) is 25.6. The second kappa shape index (κ2) is 11.3. The van der Waals surface area contributed by atoms with Crippen molar-refractivity contribution in [1.29, 1.82) is 5.26 Å². The summed E-state index contributed by atoms with van der Waals surface area (Å²) >= 11 is 0. The van der Waals surface area contributed by atoms with E-state index in [0.717, 1.165) is 44.8 Å². The summed E-state index contributed by atoms with van der Waals surface area (Å²) in [7, 11) is 0. The number of alkyl halides is 3. The van der Waals surface area contributed by atoms with Gasteiger partial charge in [0.25, 0.3) is 5.56 Å². The fourth-order valence-electron chi connectivity index (χ4n) is 4.52. The maximum Gasteiger partial charge on any atom is 0.422 e. The van der Waals surface area contributed by atoms with Crippen molar-refractivity contribution in [1.82, 2.24) is 20.1 Å². The molecular weight excluding hydrogens is 461 g/mol. The smallest absolute Gasteiger partial charge is 0.353 e. The molecule has 0 saturated carbocycles. The number of H-pyrrole nitrogens is 1. The molecule has 0 bridgehead atoms. The zero-order valence-corrected chi connectivity index (χ0v) is 19.9. The van der Waals surface area contributed by atoms with Crippen molar-refractivity contribution in [2.45, 2.75) is 58.0 Å². The molecule has 2 aromatic rings. The Balaban J connectivity index is 0.000000196. The molecule has 1 amide bonds. The minimum Gasteiger partial charge on any atom is -0.353 e. The van der Waals surface area contributed by atoms with Gasteiger partial charge in [-0.3, -0.25) is 9.59 Å². The first kappa shape index (κ1) is 26.2. The number of nitrogens with zero attached hydrogens (tertiary/aromatic N) is 5. The number of nitriles is 1. The van der Waals surface area contributed by atoms with Crippen molar-refractivity contribution in [3.8, 4) is 6.07 Å². The maximum absolute atomic E-state index is 12.8. The first-order valence-electron chi connectivity index (χ1n) is 11.8. The highest BCUT2D eigenvalue weighted by Crippen LogP contribution is 2.39. The van der Waals surface area contributed by atoms with Gasteiger partial charge in [0.15, 0.2) is 0 Å². The Hall–Kier alpha value is -3.42. The number of carbonyl (C=O) groups excluding carboxylic acids is 1. The standard InChI is InChI=1S/C13H16N4O.C11H13F3N2O/c1-2-13(18)17-7-5-16(6-8-17)12-4-3-11(9-14)10-15-12;1-2-3-6-4-5-7-8(11(12,13)14)10(17)16-15-9(6)7/h3-4,10H,2,5-8H2,1H3;6H,2-5H2,1H3,(H,16,17). The van der Waals surface area contributed by atoms with Gasteiger partial charge in [-0.05, 0) is 37.0 Å². The summed E-state index contributed by atoms with van der Waals surface area (Å²) in [6, 6.07) is 5.68. The molecule has 1 saturated heterocycles. The molecule has 1 unspecified atom stereocenters. The molecule has 35 heavy (non-hydrogen) atoms. The van der Waals surface area contributed by atoms with Gasteiger partial charge in [-0.25, -0.2) is 10.1 Å². The normalized spacial score (nSPS) is 17.3. The summed E-state index contributed by atoms with van der Waals surface area (Å²) in [5.41, 5.74) is -1.09. The number of rotatable bonds is 4. The van der Waals surface area contributed by atoms with Gasteiger partial charge in [-0.2, -0.15) is 23.5 Å². The van der Waals surface area contributed by atoms with Gasteiger partial charge in [0, 0.05) is 44.7 Å². The SMILES string of the molecule is CCC(=O)N1CCN(c2ccc(C#N)cn2)CC1.CCCC1CCc2c1n[nH]c(=O)c2C(F)(F)F. The molecule has 0 radical (unpaired) electrons. The van der Waals surface area contributed by atoms with Gasteiger partial charge in [-0.1, -0.05) is 20.3 Å². The van der Waals surface area contributed by atoms with Crippen molar-refractivity contribution in [3.05, 3.63) is 51.1 Å². The molecule has 11 heteroatoms. The molecule has 8 nitrogen and oxygen atoms in total. The number of carbonyl (C=O) groups is 1. The second-order valence-corrected chi connectivity index (χ2v) is 8.55. The Morgan fingerprint density at radius 2 is 1.94 bits per heavy atom. The number of nitrogens with one attached hydrogen (secondary N) is 1. The summed E-state index contributed by atoms with van der Waals surface area (Å²) in [5.74, 6) is 1.13. The largest absolute Gasteiger partial charge is 0.422 e. The van der Waals surface area contributed by atoms with Crippen LogP contribution in [0, 0.1) is 11.3 Å². The van der Waals surface area contributed by atoms with Crippen molar-refractivity contribution < 1.29 is 18.0 Å². The van der Waals surface area contributed by atoms with Crippen LogP contribution in [-0.2, 0) is 17.4 Å². The van der Waals surface area contributed by atoms with E-state index in [1.807, 2.05) is 29.9 Å². The molecule has 3 heterocycles. The highest BCUT2D eigenvalue weighted by Gasteiger charge is 2.41. The van der Waals surface area contributed by atoms with Gasteiger partial charge in [0.1, 0.15) is 17.5 Å².